The molecule has 0 atom stereocenters. The van der Waals surface area contributed by atoms with Gasteiger partial charge in [0.15, 0.2) is 34.9 Å². The molecular formula is C122H74N10. The van der Waals surface area contributed by atoms with Crippen molar-refractivity contribution in [2.45, 2.75) is 0 Å². The molecule has 0 fully saturated rings. The van der Waals surface area contributed by atoms with Crippen LogP contribution in [-0.4, -0.2) is 48.2 Å². The zero-order valence-corrected chi connectivity index (χ0v) is 71.2. The van der Waals surface area contributed by atoms with E-state index < -0.39 is 0 Å². The van der Waals surface area contributed by atoms with Crippen LogP contribution < -0.4 is 0 Å². The first-order chi connectivity index (χ1) is 65.4. The lowest BCUT2D eigenvalue weighted by molar-refractivity contribution is 1.07. The van der Waals surface area contributed by atoms with Crippen molar-refractivity contribution in [3.05, 3.63) is 449 Å². The molecule has 10 nitrogen and oxygen atoms in total. The van der Waals surface area contributed by atoms with Crippen LogP contribution in [0.2, 0.25) is 0 Å². The molecule has 6 heterocycles. The fourth-order valence-electron chi connectivity index (χ4n) is 21.0. The topological polar surface area (TPSA) is 97.1 Å². The van der Waals surface area contributed by atoms with Crippen LogP contribution in [0.25, 0.3) is 264 Å². The average Bonchev–Trinajstić information content (AvgIpc) is 1.54. The Morgan fingerprint density at radius 3 is 1.07 bits per heavy atom. The molecule has 0 aliphatic heterocycles. The van der Waals surface area contributed by atoms with Gasteiger partial charge in [0, 0.05) is 98.9 Å². The molecule has 612 valence electrons. The van der Waals surface area contributed by atoms with Gasteiger partial charge >= 0.3 is 0 Å². The Kier molecular flexibility index (Phi) is 16.9. The molecule has 6 aromatic heterocycles. The first kappa shape index (κ1) is 74.4. The maximum atomic E-state index is 5.34. The number of hydrogen-bond donors (Lipinski definition) is 0. The van der Waals surface area contributed by atoms with E-state index in [1.165, 1.54) is 141 Å². The van der Waals surface area contributed by atoms with Gasteiger partial charge < -0.3 is 18.3 Å². The molecule has 0 aliphatic carbocycles. The normalized spacial score (nSPS) is 11.9. The summed E-state index contributed by atoms with van der Waals surface area (Å²) in [6.45, 7) is 0. The zero-order valence-electron chi connectivity index (χ0n) is 71.2. The minimum atomic E-state index is 0.613. The SMILES string of the molecule is c1ccc(-c2nc(-c3cccc(-n4c5cc(-n6c7ccccc7c7c8ccccc8ccc76)ccc5c5cc6ccccc6cc54)c3)nc(-c3cc4ccccc4c4ccccc34)n2)cc1.c1ccc(-c2nc(-c3cccc(-n4c5ccccc5c5c(-n6c7ccccc7c7c8ccccc8ccc76)c6ccccc6cc54)c3)nc(-c3ccc4c(ccc5ccccc54)c3)n2)cc1. The van der Waals surface area contributed by atoms with Crippen LogP contribution >= 0.6 is 0 Å². The number of aromatic nitrogens is 10. The van der Waals surface area contributed by atoms with Gasteiger partial charge in [0.1, 0.15) is 0 Å². The van der Waals surface area contributed by atoms with Gasteiger partial charge in [-0.25, -0.2) is 29.9 Å². The van der Waals surface area contributed by atoms with Crippen molar-refractivity contribution >= 4 is 173 Å². The van der Waals surface area contributed by atoms with Crippen LogP contribution in [0, 0.1) is 0 Å². The van der Waals surface area contributed by atoms with E-state index in [4.69, 9.17) is 29.9 Å². The fraction of sp³-hybridized carbons (Fsp3) is 0. The Balaban J connectivity index is 0.000000135. The molecule has 10 heteroatoms. The predicted molar refractivity (Wildman–Crippen MR) is 550 cm³/mol. The summed E-state index contributed by atoms with van der Waals surface area (Å²) in [5.41, 5.74) is 19.1. The van der Waals surface area contributed by atoms with E-state index in [2.05, 4.69) is 431 Å². The third-order valence-electron chi connectivity index (χ3n) is 27.0. The van der Waals surface area contributed by atoms with E-state index in [1.54, 1.807) is 0 Å². The predicted octanol–water partition coefficient (Wildman–Crippen LogP) is 31.4. The summed E-state index contributed by atoms with van der Waals surface area (Å²) in [6.07, 6.45) is 0. The van der Waals surface area contributed by atoms with Crippen molar-refractivity contribution in [3.63, 3.8) is 0 Å². The Hall–Kier alpha value is -17.9. The highest BCUT2D eigenvalue weighted by molar-refractivity contribution is 6.27. The van der Waals surface area contributed by atoms with Crippen LogP contribution in [-0.2, 0) is 0 Å². The second kappa shape index (κ2) is 29.9. The Morgan fingerprint density at radius 2 is 0.485 bits per heavy atom. The molecule has 22 aromatic carbocycles. The van der Waals surface area contributed by atoms with Crippen molar-refractivity contribution in [2.75, 3.05) is 0 Å². The molecule has 0 spiro atoms. The van der Waals surface area contributed by atoms with Gasteiger partial charge in [0.2, 0.25) is 0 Å². The van der Waals surface area contributed by atoms with E-state index in [9.17, 15) is 0 Å². The van der Waals surface area contributed by atoms with Crippen molar-refractivity contribution in [1.29, 1.82) is 0 Å². The van der Waals surface area contributed by atoms with Gasteiger partial charge in [-0.3, -0.25) is 0 Å². The average molecular weight is 1680 g/mol. The summed E-state index contributed by atoms with van der Waals surface area (Å²) < 4.78 is 9.78. The first-order valence-electron chi connectivity index (χ1n) is 44.9. The minimum Gasteiger partial charge on any atom is -0.309 e. The van der Waals surface area contributed by atoms with Crippen LogP contribution in [0.1, 0.15) is 0 Å². The summed E-state index contributed by atoms with van der Waals surface area (Å²) >= 11 is 0. The smallest absolute Gasteiger partial charge is 0.164 e. The van der Waals surface area contributed by atoms with Crippen molar-refractivity contribution < 1.29 is 0 Å². The third-order valence-corrected chi connectivity index (χ3v) is 27.0. The Labute approximate surface area is 756 Å². The summed E-state index contributed by atoms with van der Waals surface area (Å²) in [4.78, 5) is 31.3. The lowest BCUT2D eigenvalue weighted by atomic mass is 9.97. The summed E-state index contributed by atoms with van der Waals surface area (Å²) in [5, 5.41) is 29.0. The van der Waals surface area contributed by atoms with E-state index in [1.807, 2.05) is 36.4 Å². The van der Waals surface area contributed by atoms with Crippen LogP contribution in [0.4, 0.5) is 0 Å². The summed E-state index contributed by atoms with van der Waals surface area (Å²) in [5.74, 6) is 3.76. The van der Waals surface area contributed by atoms with E-state index in [-0.39, 0.29) is 0 Å². The number of para-hydroxylation sites is 3. The molecule has 0 N–H and O–H groups in total. The molecule has 0 unspecified atom stereocenters. The summed E-state index contributed by atoms with van der Waals surface area (Å²) in [6, 6.07) is 161. The maximum Gasteiger partial charge on any atom is 0.164 e. The van der Waals surface area contributed by atoms with E-state index in [0.29, 0.717) is 34.9 Å². The molecule has 28 rings (SSSR count). The number of benzene rings is 22. The monoisotopic (exact) mass is 1680 g/mol. The quantitative estimate of drug-likeness (QED) is 0.127. The third kappa shape index (κ3) is 11.9. The van der Waals surface area contributed by atoms with Crippen molar-refractivity contribution in [2.24, 2.45) is 0 Å². The largest absolute Gasteiger partial charge is 0.309 e. The Bertz CT molecular complexity index is 9700. The number of fused-ring (bicyclic) bond motifs is 24. The molecule has 28 aromatic rings. The van der Waals surface area contributed by atoms with Gasteiger partial charge in [-0.15, -0.1) is 0 Å². The van der Waals surface area contributed by atoms with E-state index >= 15 is 0 Å². The van der Waals surface area contributed by atoms with Crippen molar-refractivity contribution in [1.82, 2.24) is 48.2 Å². The van der Waals surface area contributed by atoms with Crippen LogP contribution in [0.3, 0.4) is 0 Å². The van der Waals surface area contributed by atoms with Gasteiger partial charge in [-0.1, -0.05) is 352 Å². The molecule has 132 heavy (non-hydrogen) atoms. The maximum absolute atomic E-state index is 5.34. The molecule has 0 bridgehead atoms. The number of rotatable bonds is 10. The lowest BCUT2D eigenvalue weighted by Crippen LogP contribution is -2.02. The Morgan fingerprint density at radius 1 is 0.136 bits per heavy atom. The van der Waals surface area contributed by atoms with Crippen molar-refractivity contribution in [3.8, 4) is 91.1 Å². The molecular weight excluding hydrogens is 1610 g/mol. The highest BCUT2D eigenvalue weighted by atomic mass is 15.1. The summed E-state index contributed by atoms with van der Waals surface area (Å²) in [7, 11) is 0. The zero-order chi connectivity index (χ0) is 86.6. The highest BCUT2D eigenvalue weighted by Gasteiger charge is 2.27. The second-order valence-electron chi connectivity index (χ2n) is 34.4. The van der Waals surface area contributed by atoms with E-state index in [0.717, 1.165) is 88.7 Å². The molecule has 0 radical (unpaired) electrons. The molecule has 0 saturated carbocycles. The van der Waals surface area contributed by atoms with Gasteiger partial charge in [0.05, 0.1) is 49.8 Å². The number of hydrogen-bond acceptors (Lipinski definition) is 6. The fourth-order valence-corrected chi connectivity index (χ4v) is 21.0. The lowest BCUT2D eigenvalue weighted by Gasteiger charge is -2.16. The second-order valence-corrected chi connectivity index (χ2v) is 34.4. The molecule has 0 saturated heterocycles. The van der Waals surface area contributed by atoms with Gasteiger partial charge in [0.25, 0.3) is 0 Å². The van der Waals surface area contributed by atoms with Crippen LogP contribution in [0.15, 0.2) is 449 Å². The molecule has 0 aliphatic rings. The van der Waals surface area contributed by atoms with Crippen LogP contribution in [0.5, 0.6) is 0 Å². The van der Waals surface area contributed by atoms with Gasteiger partial charge in [-0.2, -0.15) is 0 Å². The first-order valence-corrected chi connectivity index (χ1v) is 44.9. The number of nitrogens with zero attached hydrogens (tertiary/aromatic N) is 10. The standard InChI is InChI=1S/2C61H37N5/c1-2-17-40(18-3-1)59-62-60(64-61(63-59)44-31-33-47-42(35-44)30-29-38-15-4-7-22-46(38)47)43-20-14-21-45(36-43)65-52-27-12-11-26-51(52)57-55(65)37-41-19-6-9-24-49(41)58(57)66-53-28-13-10-25-50(53)56-48-23-8-5-16-39(48)32-34-54(56)66;1-2-16-39(17-3-1)59-62-60(64-61(63-59)53-35-42-20-7-8-23-46(42)48-25-10-11-26-49(48)53)43-21-14-22-44(33-43)66-56-36-41-19-5-4-18-40(41)34-52(56)50-31-30-45(37-57(50)66)65-54-28-13-12-27-51(54)58-47-24-9-6-15-38(47)29-32-55(58)65/h2*1-37H. The highest BCUT2D eigenvalue weighted by Crippen LogP contribution is 2.48. The van der Waals surface area contributed by atoms with Gasteiger partial charge in [-0.05, 0) is 178 Å². The minimum absolute atomic E-state index is 0.613. The molecule has 0 amide bonds.